The zero-order valence-electron chi connectivity index (χ0n) is 19.5. The number of sulfonamides is 1. The fraction of sp³-hybridized carbons (Fsp3) is 0.269. The van der Waals surface area contributed by atoms with Crippen LogP contribution in [0.1, 0.15) is 22.3 Å². The van der Waals surface area contributed by atoms with E-state index >= 15 is 0 Å². The summed E-state index contributed by atoms with van der Waals surface area (Å²) in [5, 5.41) is 2.77. The minimum absolute atomic E-state index is 0.136. The predicted octanol–water partition coefficient (Wildman–Crippen LogP) is 4.31. The minimum atomic E-state index is -3.93. The summed E-state index contributed by atoms with van der Waals surface area (Å²) >= 11 is 0. The molecule has 0 saturated carbocycles. The van der Waals surface area contributed by atoms with E-state index in [4.69, 9.17) is 4.74 Å². The lowest BCUT2D eigenvalue weighted by Gasteiger charge is -2.26. The molecular weight excluding hydrogens is 436 g/mol. The molecule has 0 saturated heterocycles. The maximum Gasteiger partial charge on any atom is 0.264 e. The van der Waals surface area contributed by atoms with Gasteiger partial charge in [-0.3, -0.25) is 9.10 Å². The van der Waals surface area contributed by atoms with E-state index in [1.807, 2.05) is 52.0 Å². The van der Waals surface area contributed by atoms with E-state index in [-0.39, 0.29) is 24.6 Å². The van der Waals surface area contributed by atoms with Crippen LogP contribution in [-0.4, -0.2) is 34.0 Å². The quantitative estimate of drug-likeness (QED) is 0.477. The molecule has 0 fully saturated rings. The third kappa shape index (κ3) is 5.93. The van der Waals surface area contributed by atoms with Crippen molar-refractivity contribution < 1.29 is 17.9 Å². The molecule has 3 aromatic rings. The van der Waals surface area contributed by atoms with Gasteiger partial charge < -0.3 is 10.1 Å². The van der Waals surface area contributed by atoms with E-state index in [2.05, 4.69) is 5.32 Å². The molecule has 0 spiro atoms. The van der Waals surface area contributed by atoms with Crippen LogP contribution in [0.3, 0.4) is 0 Å². The number of rotatable bonds is 9. The van der Waals surface area contributed by atoms with Crippen molar-refractivity contribution in [3.8, 4) is 5.75 Å². The smallest absolute Gasteiger partial charge is 0.264 e. The van der Waals surface area contributed by atoms with E-state index in [0.29, 0.717) is 5.69 Å². The second-order valence-corrected chi connectivity index (χ2v) is 9.87. The maximum atomic E-state index is 13.4. The third-order valence-corrected chi connectivity index (χ3v) is 7.26. The van der Waals surface area contributed by atoms with Gasteiger partial charge in [0, 0.05) is 0 Å². The fourth-order valence-corrected chi connectivity index (χ4v) is 4.93. The number of nitrogens with one attached hydrogen (secondary N) is 1. The minimum Gasteiger partial charge on any atom is -0.491 e. The second kappa shape index (κ2) is 10.5. The summed E-state index contributed by atoms with van der Waals surface area (Å²) < 4.78 is 33.8. The summed E-state index contributed by atoms with van der Waals surface area (Å²) in [6, 6.07) is 19.5. The Balaban J connectivity index is 1.74. The van der Waals surface area contributed by atoms with Gasteiger partial charge in [-0.2, -0.15) is 0 Å². The van der Waals surface area contributed by atoms with Crippen molar-refractivity contribution in [2.45, 2.75) is 32.6 Å². The van der Waals surface area contributed by atoms with Crippen molar-refractivity contribution in [3.63, 3.8) is 0 Å². The Kier molecular flexibility index (Phi) is 7.76. The number of amides is 1. The highest BCUT2D eigenvalue weighted by molar-refractivity contribution is 7.92. The zero-order chi connectivity index (χ0) is 24.0. The molecule has 7 heteroatoms. The Morgan fingerprint density at radius 2 is 1.64 bits per heavy atom. The highest BCUT2D eigenvalue weighted by atomic mass is 32.2. The van der Waals surface area contributed by atoms with Crippen LogP contribution in [0.25, 0.3) is 0 Å². The van der Waals surface area contributed by atoms with E-state index in [0.717, 1.165) is 28.0 Å². The average Bonchev–Trinajstić information content (AvgIpc) is 2.80. The van der Waals surface area contributed by atoms with Gasteiger partial charge in [-0.15, -0.1) is 0 Å². The number of anilines is 1. The number of carbonyl (C=O) groups is 1. The lowest BCUT2D eigenvalue weighted by Crippen LogP contribution is -2.42. The number of nitrogens with zero attached hydrogens (tertiary/aromatic N) is 1. The SMILES string of the molecule is Cc1ccc(C)c(OCCNC(=O)CN(c2cccc(C)c2C)S(=O)(=O)c2ccccc2)c1. The van der Waals surface area contributed by atoms with Gasteiger partial charge in [0.25, 0.3) is 10.0 Å². The van der Waals surface area contributed by atoms with E-state index in [1.165, 1.54) is 16.4 Å². The number of ether oxygens (including phenoxy) is 1. The van der Waals surface area contributed by atoms with Crippen molar-refractivity contribution in [1.29, 1.82) is 0 Å². The predicted molar refractivity (Wildman–Crippen MR) is 131 cm³/mol. The van der Waals surface area contributed by atoms with Crippen molar-refractivity contribution >= 4 is 21.6 Å². The van der Waals surface area contributed by atoms with Gasteiger partial charge in [0.1, 0.15) is 18.9 Å². The molecule has 0 heterocycles. The molecule has 0 atom stereocenters. The Morgan fingerprint density at radius 1 is 0.909 bits per heavy atom. The van der Waals surface area contributed by atoms with Crippen molar-refractivity contribution in [3.05, 3.63) is 89.0 Å². The first-order valence-corrected chi connectivity index (χ1v) is 12.2. The topological polar surface area (TPSA) is 75.7 Å². The molecule has 0 aliphatic rings. The van der Waals surface area contributed by atoms with E-state index in [1.54, 1.807) is 30.3 Å². The number of benzene rings is 3. The normalized spacial score (nSPS) is 11.2. The summed E-state index contributed by atoms with van der Waals surface area (Å²) in [5.74, 6) is 0.368. The third-order valence-electron chi connectivity index (χ3n) is 5.49. The molecule has 1 amide bonds. The van der Waals surface area contributed by atoms with Crippen molar-refractivity contribution in [1.82, 2.24) is 5.32 Å². The van der Waals surface area contributed by atoms with E-state index in [9.17, 15) is 13.2 Å². The fourth-order valence-electron chi connectivity index (χ4n) is 3.43. The Labute approximate surface area is 196 Å². The van der Waals surface area contributed by atoms with Crippen LogP contribution in [0.2, 0.25) is 0 Å². The van der Waals surface area contributed by atoms with Crippen LogP contribution in [0.15, 0.2) is 71.6 Å². The summed E-state index contributed by atoms with van der Waals surface area (Å²) in [5.41, 5.74) is 4.35. The van der Waals surface area contributed by atoms with Crippen molar-refractivity contribution in [2.24, 2.45) is 0 Å². The summed E-state index contributed by atoms with van der Waals surface area (Å²) in [6.07, 6.45) is 0. The molecule has 0 aromatic heterocycles. The second-order valence-electron chi connectivity index (χ2n) is 8.01. The van der Waals surface area contributed by atoms with Crippen LogP contribution < -0.4 is 14.4 Å². The highest BCUT2D eigenvalue weighted by Crippen LogP contribution is 2.28. The summed E-state index contributed by atoms with van der Waals surface area (Å²) in [7, 11) is -3.93. The highest BCUT2D eigenvalue weighted by Gasteiger charge is 2.28. The van der Waals surface area contributed by atoms with E-state index < -0.39 is 15.9 Å². The molecule has 0 radical (unpaired) electrons. The molecule has 33 heavy (non-hydrogen) atoms. The molecule has 0 unspecified atom stereocenters. The Morgan fingerprint density at radius 3 is 2.36 bits per heavy atom. The first-order chi connectivity index (χ1) is 15.7. The molecular formula is C26H30N2O4S. The van der Waals surface area contributed by atoms with Crippen LogP contribution in [0, 0.1) is 27.7 Å². The lowest BCUT2D eigenvalue weighted by atomic mass is 10.1. The molecule has 0 aliphatic heterocycles. The largest absolute Gasteiger partial charge is 0.491 e. The van der Waals surface area contributed by atoms with Gasteiger partial charge in [-0.1, -0.05) is 42.5 Å². The van der Waals surface area contributed by atoms with Gasteiger partial charge in [-0.05, 0) is 74.2 Å². The zero-order valence-corrected chi connectivity index (χ0v) is 20.3. The first-order valence-electron chi connectivity index (χ1n) is 10.8. The van der Waals surface area contributed by atoms with Crippen molar-refractivity contribution in [2.75, 3.05) is 24.0 Å². The first kappa shape index (κ1) is 24.3. The van der Waals surface area contributed by atoms with Gasteiger partial charge in [0.2, 0.25) is 5.91 Å². The molecule has 174 valence electrons. The standard InChI is InChI=1S/C26H30N2O4S/c1-19-13-14-21(3)25(17-19)32-16-15-27-26(29)18-28(24-12-8-9-20(2)22(24)4)33(30,31)23-10-6-5-7-11-23/h5-14,17H,15-16,18H2,1-4H3,(H,27,29). The maximum absolute atomic E-state index is 13.4. The van der Waals surface area contributed by atoms with Gasteiger partial charge in [-0.25, -0.2) is 8.42 Å². The van der Waals surface area contributed by atoms with Crippen LogP contribution in [0.5, 0.6) is 5.75 Å². The van der Waals surface area contributed by atoms with Crippen LogP contribution in [-0.2, 0) is 14.8 Å². The Bertz CT molecular complexity index is 1220. The monoisotopic (exact) mass is 466 g/mol. The van der Waals surface area contributed by atoms with Crippen LogP contribution in [0.4, 0.5) is 5.69 Å². The molecule has 1 N–H and O–H groups in total. The molecule has 0 bridgehead atoms. The number of hydrogen-bond acceptors (Lipinski definition) is 4. The summed E-state index contributed by atoms with van der Waals surface area (Å²) in [4.78, 5) is 12.9. The number of carbonyl (C=O) groups excluding carboxylic acids is 1. The molecule has 3 rings (SSSR count). The summed E-state index contributed by atoms with van der Waals surface area (Å²) in [6.45, 7) is 7.94. The average molecular weight is 467 g/mol. The van der Waals surface area contributed by atoms with Gasteiger partial charge >= 0.3 is 0 Å². The number of hydrogen-bond donors (Lipinski definition) is 1. The Hall–Kier alpha value is -3.32. The lowest BCUT2D eigenvalue weighted by molar-refractivity contribution is -0.119. The molecule has 0 aliphatic carbocycles. The molecule has 6 nitrogen and oxygen atoms in total. The molecule has 3 aromatic carbocycles. The van der Waals surface area contributed by atoms with Gasteiger partial charge in [0.05, 0.1) is 17.1 Å². The van der Waals surface area contributed by atoms with Gasteiger partial charge in [0.15, 0.2) is 0 Å². The van der Waals surface area contributed by atoms with Crippen LogP contribution >= 0.6 is 0 Å². The number of aryl methyl sites for hydroxylation is 3.